The molecular formula is C13H15F2N3O2. The SMILES string of the molecule is CNC(=O)NC(=O)CN1CCCc2cc(F)cc(F)c21. The van der Waals surface area contributed by atoms with Crippen molar-refractivity contribution in [2.45, 2.75) is 12.8 Å². The van der Waals surface area contributed by atoms with Crippen molar-refractivity contribution in [2.75, 3.05) is 25.0 Å². The van der Waals surface area contributed by atoms with Gasteiger partial charge in [0, 0.05) is 19.7 Å². The van der Waals surface area contributed by atoms with Gasteiger partial charge in [0.05, 0.1) is 12.2 Å². The van der Waals surface area contributed by atoms with Gasteiger partial charge in [-0.15, -0.1) is 0 Å². The van der Waals surface area contributed by atoms with Crippen LogP contribution >= 0.6 is 0 Å². The van der Waals surface area contributed by atoms with Gasteiger partial charge in [0.25, 0.3) is 0 Å². The van der Waals surface area contributed by atoms with Gasteiger partial charge >= 0.3 is 6.03 Å². The van der Waals surface area contributed by atoms with E-state index in [1.54, 1.807) is 0 Å². The lowest BCUT2D eigenvalue weighted by molar-refractivity contribution is -0.118. The number of imide groups is 1. The maximum Gasteiger partial charge on any atom is 0.321 e. The number of nitrogens with one attached hydrogen (secondary N) is 2. The standard InChI is InChI=1S/C13H15F2N3O2/c1-16-13(20)17-11(19)7-18-4-2-3-8-5-9(14)6-10(15)12(8)18/h5-6H,2-4,7H2,1H3,(H2,16,17,19,20). The second-order valence-electron chi connectivity index (χ2n) is 4.55. The molecule has 0 unspecified atom stereocenters. The van der Waals surface area contributed by atoms with Gasteiger partial charge in [-0.2, -0.15) is 0 Å². The van der Waals surface area contributed by atoms with Crippen LogP contribution in [-0.2, 0) is 11.2 Å². The summed E-state index contributed by atoms with van der Waals surface area (Å²) in [4.78, 5) is 24.2. The number of hydrogen-bond acceptors (Lipinski definition) is 3. The number of halogens is 2. The fraction of sp³-hybridized carbons (Fsp3) is 0.385. The van der Waals surface area contributed by atoms with Crippen LogP contribution in [-0.4, -0.2) is 32.1 Å². The van der Waals surface area contributed by atoms with E-state index >= 15 is 0 Å². The Labute approximate surface area is 114 Å². The molecular weight excluding hydrogens is 268 g/mol. The molecule has 0 aliphatic carbocycles. The predicted molar refractivity (Wildman–Crippen MR) is 69.5 cm³/mol. The molecule has 5 nitrogen and oxygen atoms in total. The van der Waals surface area contributed by atoms with Gasteiger partial charge in [-0.05, 0) is 24.5 Å². The molecule has 0 aromatic heterocycles. The Morgan fingerprint density at radius 1 is 1.35 bits per heavy atom. The number of hydrogen-bond donors (Lipinski definition) is 2. The fourth-order valence-electron chi connectivity index (χ4n) is 2.30. The molecule has 0 radical (unpaired) electrons. The van der Waals surface area contributed by atoms with Crippen LogP contribution in [0.25, 0.3) is 0 Å². The van der Waals surface area contributed by atoms with Crippen LogP contribution in [0.5, 0.6) is 0 Å². The van der Waals surface area contributed by atoms with E-state index in [1.165, 1.54) is 18.0 Å². The van der Waals surface area contributed by atoms with Crippen molar-refractivity contribution < 1.29 is 18.4 Å². The molecule has 0 fully saturated rings. The summed E-state index contributed by atoms with van der Waals surface area (Å²) >= 11 is 0. The third-order valence-corrected chi connectivity index (χ3v) is 3.11. The van der Waals surface area contributed by atoms with Crippen LogP contribution in [0.1, 0.15) is 12.0 Å². The average molecular weight is 283 g/mol. The zero-order chi connectivity index (χ0) is 14.7. The van der Waals surface area contributed by atoms with Crippen LogP contribution in [0.2, 0.25) is 0 Å². The molecule has 0 spiro atoms. The van der Waals surface area contributed by atoms with E-state index in [-0.39, 0.29) is 12.2 Å². The van der Waals surface area contributed by atoms with E-state index < -0.39 is 23.6 Å². The quantitative estimate of drug-likeness (QED) is 0.856. The molecule has 1 aromatic rings. The summed E-state index contributed by atoms with van der Waals surface area (Å²) in [6.45, 7) is 0.333. The highest BCUT2D eigenvalue weighted by Gasteiger charge is 2.24. The molecule has 2 rings (SSSR count). The first kappa shape index (κ1) is 14.2. The molecule has 1 aromatic carbocycles. The van der Waals surface area contributed by atoms with Gasteiger partial charge in [0.2, 0.25) is 5.91 Å². The van der Waals surface area contributed by atoms with Gasteiger partial charge in [-0.1, -0.05) is 0 Å². The molecule has 1 aliphatic heterocycles. The number of fused-ring (bicyclic) bond motifs is 1. The van der Waals surface area contributed by atoms with Crippen molar-refractivity contribution >= 4 is 17.6 Å². The smallest absolute Gasteiger partial charge is 0.321 e. The molecule has 7 heteroatoms. The second kappa shape index (κ2) is 5.85. The fourth-order valence-corrected chi connectivity index (χ4v) is 2.30. The number of nitrogens with zero attached hydrogens (tertiary/aromatic N) is 1. The van der Waals surface area contributed by atoms with Gasteiger partial charge in [0.15, 0.2) is 0 Å². The van der Waals surface area contributed by atoms with Crippen molar-refractivity contribution in [3.05, 3.63) is 29.3 Å². The van der Waals surface area contributed by atoms with Crippen LogP contribution in [0, 0.1) is 11.6 Å². The minimum atomic E-state index is -0.688. The van der Waals surface area contributed by atoms with Gasteiger partial charge in [-0.25, -0.2) is 13.6 Å². The Bertz CT molecular complexity index is 549. The summed E-state index contributed by atoms with van der Waals surface area (Å²) in [5.41, 5.74) is 0.784. The number of aryl methyl sites for hydroxylation is 1. The zero-order valence-electron chi connectivity index (χ0n) is 11.0. The van der Waals surface area contributed by atoms with E-state index in [9.17, 15) is 18.4 Å². The molecule has 0 saturated carbocycles. The van der Waals surface area contributed by atoms with Crippen molar-refractivity contribution in [1.82, 2.24) is 10.6 Å². The summed E-state index contributed by atoms with van der Waals surface area (Å²) in [6.07, 6.45) is 1.26. The Hall–Kier alpha value is -2.18. The minimum Gasteiger partial charge on any atom is -0.360 e. The Morgan fingerprint density at radius 2 is 2.10 bits per heavy atom. The first-order valence-electron chi connectivity index (χ1n) is 6.25. The number of anilines is 1. The van der Waals surface area contributed by atoms with Gasteiger partial charge in [-0.3, -0.25) is 10.1 Å². The topological polar surface area (TPSA) is 61.4 Å². The summed E-state index contributed by atoms with van der Waals surface area (Å²) in [5.74, 6) is -1.86. The summed E-state index contributed by atoms with van der Waals surface area (Å²) in [5, 5.41) is 4.37. The van der Waals surface area contributed by atoms with Crippen molar-refractivity contribution in [3.63, 3.8) is 0 Å². The Kier molecular flexibility index (Phi) is 4.16. The molecule has 1 aliphatic rings. The molecule has 0 saturated heterocycles. The molecule has 2 N–H and O–H groups in total. The normalized spacial score (nSPS) is 13.7. The largest absolute Gasteiger partial charge is 0.360 e. The van der Waals surface area contributed by atoms with Crippen LogP contribution in [0.3, 0.4) is 0 Å². The van der Waals surface area contributed by atoms with Crippen molar-refractivity contribution in [2.24, 2.45) is 0 Å². The molecule has 0 bridgehead atoms. The van der Waals surface area contributed by atoms with Crippen LogP contribution in [0.15, 0.2) is 12.1 Å². The highest BCUT2D eigenvalue weighted by Crippen LogP contribution is 2.30. The molecule has 20 heavy (non-hydrogen) atoms. The Morgan fingerprint density at radius 3 is 2.80 bits per heavy atom. The molecule has 0 atom stereocenters. The summed E-state index contributed by atoms with van der Waals surface area (Å²) in [7, 11) is 1.39. The van der Waals surface area contributed by atoms with Crippen LogP contribution in [0.4, 0.5) is 19.3 Å². The maximum absolute atomic E-state index is 13.9. The van der Waals surface area contributed by atoms with Crippen molar-refractivity contribution in [3.8, 4) is 0 Å². The third kappa shape index (κ3) is 3.04. The Balaban J connectivity index is 2.16. The lowest BCUT2D eigenvalue weighted by Crippen LogP contribution is -2.45. The van der Waals surface area contributed by atoms with E-state index in [0.29, 0.717) is 24.9 Å². The van der Waals surface area contributed by atoms with E-state index in [2.05, 4.69) is 10.6 Å². The maximum atomic E-state index is 13.9. The number of amides is 3. The minimum absolute atomic E-state index is 0.150. The number of urea groups is 1. The van der Waals surface area contributed by atoms with E-state index in [4.69, 9.17) is 0 Å². The van der Waals surface area contributed by atoms with Gasteiger partial charge in [0.1, 0.15) is 11.6 Å². The van der Waals surface area contributed by atoms with E-state index in [1.807, 2.05) is 0 Å². The number of rotatable bonds is 2. The van der Waals surface area contributed by atoms with Crippen molar-refractivity contribution in [1.29, 1.82) is 0 Å². The molecule has 1 heterocycles. The first-order valence-corrected chi connectivity index (χ1v) is 6.25. The molecule has 108 valence electrons. The lowest BCUT2D eigenvalue weighted by Gasteiger charge is -2.30. The second-order valence-corrected chi connectivity index (χ2v) is 4.55. The molecule has 3 amide bonds. The lowest BCUT2D eigenvalue weighted by atomic mass is 10.0. The summed E-state index contributed by atoms with van der Waals surface area (Å²) in [6, 6.07) is 1.46. The number of benzene rings is 1. The highest BCUT2D eigenvalue weighted by molar-refractivity contribution is 5.96. The van der Waals surface area contributed by atoms with Gasteiger partial charge < -0.3 is 10.2 Å². The monoisotopic (exact) mass is 283 g/mol. The number of carbonyl (C=O) groups is 2. The first-order chi connectivity index (χ1) is 9.51. The average Bonchev–Trinajstić information content (AvgIpc) is 2.37. The zero-order valence-corrected chi connectivity index (χ0v) is 11.0. The predicted octanol–water partition coefficient (Wildman–Crippen LogP) is 1.17. The van der Waals surface area contributed by atoms with Crippen LogP contribution < -0.4 is 15.5 Å². The van der Waals surface area contributed by atoms with E-state index in [0.717, 1.165) is 6.07 Å². The highest BCUT2D eigenvalue weighted by atomic mass is 19.1. The third-order valence-electron chi connectivity index (χ3n) is 3.11. The summed E-state index contributed by atoms with van der Waals surface area (Å²) < 4.78 is 27.0. The number of carbonyl (C=O) groups excluding carboxylic acids is 2.